The van der Waals surface area contributed by atoms with E-state index < -0.39 is 0 Å². The maximum Gasteiger partial charge on any atom is -0.00636 e. The third-order valence-electron chi connectivity index (χ3n) is 2.58. The molecule has 0 aromatic heterocycles. The highest BCUT2D eigenvalue weighted by Crippen LogP contribution is 2.23. The van der Waals surface area contributed by atoms with Crippen LogP contribution in [0.4, 0.5) is 0 Å². The number of fused-ring (bicyclic) bond motifs is 1. The van der Waals surface area contributed by atoms with Gasteiger partial charge in [0.05, 0.1) is 0 Å². The molecule has 0 saturated heterocycles. The lowest BCUT2D eigenvalue weighted by atomic mass is 10.1. The first-order chi connectivity index (χ1) is 7.13. The second-order valence-electron chi connectivity index (χ2n) is 4.24. The Labute approximate surface area is 93.3 Å². The minimum atomic E-state index is 1.09. The molecule has 15 heavy (non-hydrogen) atoms. The summed E-state index contributed by atoms with van der Waals surface area (Å²) in [5.74, 6) is 0. The summed E-state index contributed by atoms with van der Waals surface area (Å²) in [7, 11) is 0. The van der Waals surface area contributed by atoms with E-state index in [4.69, 9.17) is 0 Å². The minimum absolute atomic E-state index is 1.09. The lowest BCUT2D eigenvalue weighted by molar-refractivity contribution is 1.19. The maximum atomic E-state index is 3.97. The Morgan fingerprint density at radius 1 is 1.13 bits per heavy atom. The molecular formula is C15H20. The van der Waals surface area contributed by atoms with Crippen molar-refractivity contribution >= 4 is 0 Å². The van der Waals surface area contributed by atoms with Gasteiger partial charge in [0.15, 0.2) is 0 Å². The van der Waals surface area contributed by atoms with E-state index in [-0.39, 0.29) is 0 Å². The molecule has 0 N–H and O–H groups in total. The van der Waals surface area contributed by atoms with Crippen LogP contribution in [-0.2, 0) is 12.8 Å². The fraction of sp³-hybridized carbons (Fsp3) is 0.333. The molecule has 0 fully saturated rings. The van der Waals surface area contributed by atoms with Crippen LogP contribution in [0.25, 0.3) is 0 Å². The molecule has 0 heteroatoms. The van der Waals surface area contributed by atoms with Crippen LogP contribution in [0.3, 0.4) is 0 Å². The summed E-state index contributed by atoms with van der Waals surface area (Å²) in [6.45, 7) is 10.2. The van der Waals surface area contributed by atoms with Crippen LogP contribution in [0, 0.1) is 0 Å². The highest BCUT2D eigenvalue weighted by Gasteiger charge is 2.11. The van der Waals surface area contributed by atoms with Gasteiger partial charge in [-0.05, 0) is 44.7 Å². The summed E-state index contributed by atoms with van der Waals surface area (Å²) in [6.07, 6.45) is 4.27. The van der Waals surface area contributed by atoms with Crippen molar-refractivity contribution in [3.05, 3.63) is 59.2 Å². The smallest absolute Gasteiger partial charge is 0.00636 e. The van der Waals surface area contributed by atoms with Crippen molar-refractivity contribution in [1.82, 2.24) is 0 Å². The molecule has 0 unspecified atom stereocenters. The zero-order valence-electron chi connectivity index (χ0n) is 10.0. The summed E-state index contributed by atoms with van der Waals surface area (Å²) in [6, 6.07) is 8.57. The Hall–Kier alpha value is -1.30. The molecule has 1 aliphatic rings. The predicted molar refractivity (Wildman–Crippen MR) is 68.1 cm³/mol. The van der Waals surface area contributed by atoms with Crippen LogP contribution in [0.5, 0.6) is 0 Å². The van der Waals surface area contributed by atoms with Gasteiger partial charge in [0, 0.05) is 0 Å². The molecule has 0 heterocycles. The van der Waals surface area contributed by atoms with Crippen molar-refractivity contribution in [2.45, 2.75) is 33.6 Å². The van der Waals surface area contributed by atoms with Crippen molar-refractivity contribution < 1.29 is 0 Å². The lowest BCUT2D eigenvalue weighted by Gasteiger charge is -1.92. The zero-order chi connectivity index (χ0) is 11.3. The molecule has 0 nitrogen and oxygen atoms in total. The number of benzene rings is 1. The third-order valence-corrected chi connectivity index (χ3v) is 2.58. The highest BCUT2D eigenvalue weighted by atomic mass is 14.2. The molecule has 1 aliphatic carbocycles. The Morgan fingerprint density at radius 2 is 1.53 bits per heavy atom. The largest absolute Gasteiger partial charge is 0.0992 e. The van der Waals surface area contributed by atoms with Gasteiger partial charge in [-0.3, -0.25) is 0 Å². The Kier molecular flexibility index (Phi) is 4.36. The van der Waals surface area contributed by atoms with Crippen molar-refractivity contribution in [2.24, 2.45) is 0 Å². The topological polar surface area (TPSA) is 0 Å². The van der Waals surface area contributed by atoms with Gasteiger partial charge in [0.2, 0.25) is 0 Å². The number of rotatable bonds is 0. The number of hydrogen-bond acceptors (Lipinski definition) is 0. The van der Waals surface area contributed by atoms with Crippen LogP contribution < -0.4 is 0 Å². The predicted octanol–water partition coefficient (Wildman–Crippen LogP) is 4.31. The van der Waals surface area contributed by atoms with Gasteiger partial charge in [-0.2, -0.15) is 0 Å². The van der Waals surface area contributed by atoms with E-state index in [1.165, 1.54) is 22.3 Å². The van der Waals surface area contributed by atoms with Gasteiger partial charge in [-0.1, -0.05) is 48.1 Å². The van der Waals surface area contributed by atoms with Gasteiger partial charge >= 0.3 is 0 Å². The lowest BCUT2D eigenvalue weighted by Crippen LogP contribution is -1.77. The highest BCUT2D eigenvalue weighted by molar-refractivity contribution is 5.39. The van der Waals surface area contributed by atoms with Crippen LogP contribution in [0.2, 0.25) is 0 Å². The van der Waals surface area contributed by atoms with Gasteiger partial charge in [0.1, 0.15) is 0 Å². The Bertz CT molecular complexity index is 338. The second kappa shape index (κ2) is 5.55. The minimum Gasteiger partial charge on any atom is -0.0992 e. The van der Waals surface area contributed by atoms with Gasteiger partial charge in [-0.25, -0.2) is 0 Å². The Balaban J connectivity index is 0.000000195. The van der Waals surface area contributed by atoms with Crippen molar-refractivity contribution in [3.63, 3.8) is 0 Å². The molecule has 0 radical (unpaired) electrons. The molecule has 1 aromatic carbocycles. The van der Waals surface area contributed by atoms with Crippen molar-refractivity contribution in [3.8, 4) is 0 Å². The molecule has 2 rings (SSSR count). The standard InChI is InChI=1S/C10H10.C5H10/c1-8-6-9-4-2-3-5-10(9)7-8;1-4-5(2)3/h2-5H,1,6-7H2;4H,1-3H3. The van der Waals surface area contributed by atoms with E-state index in [1.54, 1.807) is 0 Å². The van der Waals surface area contributed by atoms with E-state index >= 15 is 0 Å². The summed E-state index contributed by atoms with van der Waals surface area (Å²) in [4.78, 5) is 0. The first kappa shape index (κ1) is 11.8. The summed E-state index contributed by atoms with van der Waals surface area (Å²) in [5.41, 5.74) is 5.66. The monoisotopic (exact) mass is 200 g/mol. The van der Waals surface area contributed by atoms with E-state index in [2.05, 4.69) is 50.8 Å². The average molecular weight is 200 g/mol. The Morgan fingerprint density at radius 3 is 1.87 bits per heavy atom. The normalized spacial score (nSPS) is 12.6. The fourth-order valence-corrected chi connectivity index (χ4v) is 1.50. The molecule has 0 aliphatic heterocycles. The summed E-state index contributed by atoms with van der Waals surface area (Å²) in [5, 5.41) is 0. The third kappa shape index (κ3) is 3.75. The molecule has 0 spiro atoms. The zero-order valence-corrected chi connectivity index (χ0v) is 10.0. The average Bonchev–Trinajstić information content (AvgIpc) is 2.58. The molecule has 1 aromatic rings. The van der Waals surface area contributed by atoms with Crippen LogP contribution in [-0.4, -0.2) is 0 Å². The first-order valence-electron chi connectivity index (χ1n) is 5.46. The fourth-order valence-electron chi connectivity index (χ4n) is 1.50. The molecule has 0 saturated carbocycles. The van der Waals surface area contributed by atoms with Crippen LogP contribution >= 0.6 is 0 Å². The SMILES string of the molecule is C=C1Cc2ccccc2C1.CC=C(C)C. The number of allylic oxidation sites excluding steroid dienone is 3. The summed E-state index contributed by atoms with van der Waals surface area (Å²) < 4.78 is 0. The molecule has 0 atom stereocenters. The molecule has 80 valence electrons. The number of hydrogen-bond donors (Lipinski definition) is 0. The van der Waals surface area contributed by atoms with Gasteiger partial charge in [-0.15, -0.1) is 0 Å². The maximum absolute atomic E-state index is 3.97. The quantitative estimate of drug-likeness (QED) is 0.547. The summed E-state index contributed by atoms with van der Waals surface area (Å²) >= 11 is 0. The van der Waals surface area contributed by atoms with E-state index in [0.29, 0.717) is 0 Å². The van der Waals surface area contributed by atoms with Gasteiger partial charge < -0.3 is 0 Å². The van der Waals surface area contributed by atoms with Crippen LogP contribution in [0.15, 0.2) is 48.1 Å². The molecular weight excluding hydrogens is 180 g/mol. The van der Waals surface area contributed by atoms with Gasteiger partial charge in [0.25, 0.3) is 0 Å². The first-order valence-corrected chi connectivity index (χ1v) is 5.46. The molecule has 0 amide bonds. The van der Waals surface area contributed by atoms with E-state index in [1.807, 2.05) is 6.92 Å². The van der Waals surface area contributed by atoms with Crippen molar-refractivity contribution in [1.29, 1.82) is 0 Å². The second-order valence-corrected chi connectivity index (χ2v) is 4.24. The van der Waals surface area contributed by atoms with Crippen LogP contribution in [0.1, 0.15) is 31.9 Å². The van der Waals surface area contributed by atoms with E-state index in [0.717, 1.165) is 12.8 Å². The van der Waals surface area contributed by atoms with Crippen molar-refractivity contribution in [2.75, 3.05) is 0 Å². The molecule has 0 bridgehead atoms. The van der Waals surface area contributed by atoms with E-state index in [9.17, 15) is 0 Å².